The number of ether oxygens (including phenoxy) is 1. The zero-order valence-corrected chi connectivity index (χ0v) is 17.1. The minimum Gasteiger partial charge on any atom is -0.469 e. The Kier molecular flexibility index (Phi) is 10.1. The molecule has 1 aromatic carbocycles. The highest BCUT2D eigenvalue weighted by Crippen LogP contribution is 2.07. The van der Waals surface area contributed by atoms with Crippen molar-refractivity contribution in [3.05, 3.63) is 72.2 Å². The highest BCUT2D eigenvalue weighted by Gasteiger charge is 2.04. The zero-order valence-electron chi connectivity index (χ0n) is 14.7. The molecular weight excluding hydrogens is 445 g/mol. The fourth-order valence-corrected chi connectivity index (χ4v) is 2.14. The van der Waals surface area contributed by atoms with E-state index in [2.05, 4.69) is 26.9 Å². The van der Waals surface area contributed by atoms with Gasteiger partial charge in [-0.05, 0) is 29.8 Å². The van der Waals surface area contributed by atoms with Crippen molar-refractivity contribution in [1.29, 1.82) is 0 Å². The van der Waals surface area contributed by atoms with Gasteiger partial charge in [0.2, 0.25) is 0 Å². The number of hydrogen-bond acceptors (Lipinski definition) is 4. The lowest BCUT2D eigenvalue weighted by molar-refractivity contribution is 0.0600. The molecule has 0 amide bonds. The van der Waals surface area contributed by atoms with E-state index in [0.29, 0.717) is 31.2 Å². The smallest absolute Gasteiger partial charge is 0.337 e. The van der Waals surface area contributed by atoms with Gasteiger partial charge in [-0.2, -0.15) is 0 Å². The van der Waals surface area contributed by atoms with Crippen LogP contribution in [0.25, 0.3) is 0 Å². The van der Waals surface area contributed by atoms with Gasteiger partial charge in [0.25, 0.3) is 0 Å². The number of nitrogens with zero attached hydrogens (tertiary/aromatic N) is 1. The third-order valence-corrected chi connectivity index (χ3v) is 3.45. The van der Waals surface area contributed by atoms with Crippen molar-refractivity contribution in [3.8, 4) is 0 Å². The molecule has 0 saturated carbocycles. The van der Waals surface area contributed by atoms with Crippen LogP contribution in [-0.4, -0.2) is 32.1 Å². The van der Waals surface area contributed by atoms with E-state index >= 15 is 0 Å². The highest BCUT2D eigenvalue weighted by atomic mass is 127. The summed E-state index contributed by atoms with van der Waals surface area (Å²) in [6.07, 6.45) is 4.21. The fraction of sp³-hybridized carbons (Fsp3) is 0.263. The van der Waals surface area contributed by atoms with Gasteiger partial charge in [-0.15, -0.1) is 30.6 Å². The second-order valence-corrected chi connectivity index (χ2v) is 5.28. The summed E-state index contributed by atoms with van der Waals surface area (Å²) in [5.41, 5.74) is 1.52. The maximum atomic E-state index is 11.4. The summed E-state index contributed by atoms with van der Waals surface area (Å²) in [5, 5.41) is 6.43. The Morgan fingerprint density at radius 1 is 1.27 bits per heavy atom. The van der Waals surface area contributed by atoms with Crippen molar-refractivity contribution < 1.29 is 13.9 Å². The molecule has 2 rings (SSSR count). The first-order valence-electron chi connectivity index (χ1n) is 8.05. The molecule has 0 fully saturated rings. The van der Waals surface area contributed by atoms with Crippen LogP contribution in [0.4, 0.5) is 0 Å². The Morgan fingerprint density at radius 3 is 2.65 bits per heavy atom. The number of carbonyl (C=O) groups excluding carboxylic acids is 1. The molecule has 0 saturated heterocycles. The van der Waals surface area contributed by atoms with Gasteiger partial charge in [0.1, 0.15) is 5.76 Å². The van der Waals surface area contributed by atoms with Gasteiger partial charge in [-0.25, -0.2) is 9.79 Å². The summed E-state index contributed by atoms with van der Waals surface area (Å²) in [6.45, 7) is 5.52. The second-order valence-electron chi connectivity index (χ2n) is 5.28. The Balaban J connectivity index is 0.00000338. The van der Waals surface area contributed by atoms with Crippen LogP contribution >= 0.6 is 24.0 Å². The number of esters is 1. The first kappa shape index (κ1) is 21.8. The van der Waals surface area contributed by atoms with Gasteiger partial charge in [0.05, 0.1) is 25.5 Å². The lowest BCUT2D eigenvalue weighted by Gasteiger charge is -2.11. The van der Waals surface area contributed by atoms with Crippen LogP contribution in [-0.2, 0) is 17.7 Å². The Hall–Kier alpha value is -2.29. The van der Waals surface area contributed by atoms with E-state index in [1.807, 2.05) is 24.3 Å². The van der Waals surface area contributed by atoms with Gasteiger partial charge in [0, 0.05) is 19.5 Å². The molecule has 0 bridgehead atoms. The number of carbonyl (C=O) groups is 1. The lowest BCUT2D eigenvalue weighted by Crippen LogP contribution is -2.38. The van der Waals surface area contributed by atoms with Crippen molar-refractivity contribution in [1.82, 2.24) is 10.6 Å². The summed E-state index contributed by atoms with van der Waals surface area (Å²) >= 11 is 0. The predicted molar refractivity (Wildman–Crippen MR) is 113 cm³/mol. The molecule has 7 heteroatoms. The number of benzene rings is 1. The van der Waals surface area contributed by atoms with Gasteiger partial charge < -0.3 is 19.8 Å². The van der Waals surface area contributed by atoms with Crippen molar-refractivity contribution in [2.75, 3.05) is 20.2 Å². The molecule has 6 nitrogen and oxygen atoms in total. The van der Waals surface area contributed by atoms with E-state index in [9.17, 15) is 4.79 Å². The van der Waals surface area contributed by atoms with Crippen LogP contribution in [0.3, 0.4) is 0 Å². The molecule has 0 spiro atoms. The highest BCUT2D eigenvalue weighted by molar-refractivity contribution is 14.0. The Bertz CT molecular complexity index is 697. The Morgan fingerprint density at radius 2 is 2.04 bits per heavy atom. The van der Waals surface area contributed by atoms with Crippen LogP contribution in [0.2, 0.25) is 0 Å². The number of nitrogens with one attached hydrogen (secondary N) is 2. The molecule has 0 aliphatic rings. The molecule has 26 heavy (non-hydrogen) atoms. The molecule has 1 aromatic heterocycles. The number of methoxy groups -OCH3 is 1. The van der Waals surface area contributed by atoms with E-state index in [1.165, 1.54) is 7.11 Å². The normalized spacial score (nSPS) is 10.6. The molecule has 1 heterocycles. The largest absolute Gasteiger partial charge is 0.469 e. The molecule has 2 N–H and O–H groups in total. The van der Waals surface area contributed by atoms with E-state index in [-0.39, 0.29) is 29.9 Å². The van der Waals surface area contributed by atoms with Gasteiger partial charge in [-0.1, -0.05) is 18.2 Å². The third-order valence-electron chi connectivity index (χ3n) is 3.45. The van der Waals surface area contributed by atoms with E-state index < -0.39 is 0 Å². The minimum absolute atomic E-state index is 0. The molecule has 0 atom stereocenters. The molecule has 0 aliphatic heterocycles. The summed E-state index contributed by atoms with van der Waals surface area (Å²) in [6, 6.07) is 11.0. The molecule has 0 radical (unpaired) electrons. The maximum absolute atomic E-state index is 11.4. The van der Waals surface area contributed by atoms with Crippen molar-refractivity contribution in [3.63, 3.8) is 0 Å². The van der Waals surface area contributed by atoms with Crippen LogP contribution < -0.4 is 10.6 Å². The zero-order chi connectivity index (χ0) is 17.9. The molecule has 0 aliphatic carbocycles. The van der Waals surface area contributed by atoms with Crippen LogP contribution in [0.15, 0.2) is 64.7 Å². The number of furan rings is 1. The number of aliphatic imine (C=N–C) groups is 1. The molecular formula is C19H24IN3O3. The van der Waals surface area contributed by atoms with Gasteiger partial charge in [-0.3, -0.25) is 0 Å². The quantitative estimate of drug-likeness (QED) is 0.204. The number of rotatable bonds is 8. The monoisotopic (exact) mass is 469 g/mol. The van der Waals surface area contributed by atoms with E-state index in [0.717, 1.165) is 17.7 Å². The Labute approximate surface area is 170 Å². The molecule has 140 valence electrons. The minimum atomic E-state index is -0.344. The van der Waals surface area contributed by atoms with Gasteiger partial charge in [0.15, 0.2) is 5.96 Å². The summed E-state index contributed by atoms with van der Waals surface area (Å²) < 4.78 is 10.0. The van der Waals surface area contributed by atoms with E-state index in [4.69, 9.17) is 4.42 Å². The fourth-order valence-electron chi connectivity index (χ4n) is 2.14. The number of guanidine groups is 1. The lowest BCUT2D eigenvalue weighted by atomic mass is 10.1. The topological polar surface area (TPSA) is 75.9 Å². The van der Waals surface area contributed by atoms with Crippen LogP contribution in [0.1, 0.15) is 21.7 Å². The first-order chi connectivity index (χ1) is 12.2. The second kappa shape index (κ2) is 12.1. The first-order valence-corrected chi connectivity index (χ1v) is 8.05. The van der Waals surface area contributed by atoms with Crippen molar-refractivity contribution in [2.45, 2.75) is 13.0 Å². The molecule has 0 unspecified atom stereocenters. The van der Waals surface area contributed by atoms with Crippen LogP contribution in [0, 0.1) is 0 Å². The summed E-state index contributed by atoms with van der Waals surface area (Å²) in [5.74, 6) is 1.28. The third kappa shape index (κ3) is 7.30. The average molecular weight is 469 g/mol. The summed E-state index contributed by atoms with van der Waals surface area (Å²) in [7, 11) is 1.37. The standard InChI is InChI=1S/C19H23N3O3.HI/c1-3-11-20-19(21-12-10-17-5-4-13-25-17)22-14-15-6-8-16(9-7-15)18(23)24-2;/h3-9,13H,1,10-12,14H2,2H3,(H2,20,21,22);1H. The number of halogens is 1. The number of hydrogen-bond donors (Lipinski definition) is 2. The van der Waals surface area contributed by atoms with Crippen LogP contribution in [0.5, 0.6) is 0 Å². The van der Waals surface area contributed by atoms with Crippen molar-refractivity contribution in [2.24, 2.45) is 4.99 Å². The van der Waals surface area contributed by atoms with E-state index in [1.54, 1.807) is 24.5 Å². The average Bonchev–Trinajstić information content (AvgIpc) is 3.16. The predicted octanol–water partition coefficient (Wildman–Crippen LogP) is 3.15. The SMILES string of the molecule is C=CCNC(=NCc1ccc(C(=O)OC)cc1)NCCc1ccco1.I. The molecule has 2 aromatic rings. The van der Waals surface area contributed by atoms with Gasteiger partial charge >= 0.3 is 5.97 Å². The van der Waals surface area contributed by atoms with Crippen molar-refractivity contribution >= 4 is 35.9 Å². The maximum Gasteiger partial charge on any atom is 0.337 e. The summed E-state index contributed by atoms with van der Waals surface area (Å²) in [4.78, 5) is 16.0.